The normalized spacial score (nSPS) is 14.2. The van der Waals surface area contributed by atoms with E-state index in [1.54, 1.807) is 17.6 Å². The lowest BCUT2D eigenvalue weighted by Gasteiger charge is -2.13. The highest BCUT2D eigenvalue weighted by Gasteiger charge is 2.24. The quantitative estimate of drug-likeness (QED) is 0.523. The maximum Gasteiger partial charge on any atom is 0.346 e. The Labute approximate surface area is 153 Å². The van der Waals surface area contributed by atoms with Crippen molar-refractivity contribution in [1.29, 1.82) is 0 Å². The van der Waals surface area contributed by atoms with Crippen LogP contribution in [0.15, 0.2) is 40.8 Å². The molecule has 2 heterocycles. The van der Waals surface area contributed by atoms with Crippen LogP contribution in [0.4, 0.5) is 0 Å². The fourth-order valence-electron chi connectivity index (χ4n) is 3.20. The molecule has 0 N–H and O–H groups in total. The molecule has 7 heteroatoms. The Hall–Kier alpha value is -2.80. The summed E-state index contributed by atoms with van der Waals surface area (Å²) >= 11 is 1.29. The van der Waals surface area contributed by atoms with Crippen LogP contribution < -0.4 is 5.56 Å². The third-order valence-corrected chi connectivity index (χ3v) is 5.37. The lowest BCUT2D eigenvalue weighted by molar-refractivity contribution is 0.0316. The summed E-state index contributed by atoms with van der Waals surface area (Å²) < 4.78 is 6.53. The molecule has 3 aromatic rings. The number of fused-ring (bicyclic) bond motifs is 2. The van der Waals surface area contributed by atoms with Gasteiger partial charge in [0, 0.05) is 17.1 Å². The third kappa shape index (κ3) is 2.84. The third-order valence-electron chi connectivity index (χ3n) is 4.60. The summed E-state index contributed by atoms with van der Waals surface area (Å²) in [5, 5.41) is 1.71. The van der Waals surface area contributed by atoms with Crippen LogP contribution in [-0.4, -0.2) is 27.2 Å². The van der Waals surface area contributed by atoms with Crippen molar-refractivity contribution in [3.05, 3.63) is 68.6 Å². The van der Waals surface area contributed by atoms with Crippen molar-refractivity contribution in [2.45, 2.75) is 32.3 Å². The minimum absolute atomic E-state index is 0.186. The van der Waals surface area contributed by atoms with Gasteiger partial charge in [0.05, 0.1) is 6.20 Å². The molecule has 1 aliphatic rings. The molecule has 0 unspecified atom stereocenters. The van der Waals surface area contributed by atoms with Crippen molar-refractivity contribution in [3.63, 3.8) is 0 Å². The number of aromatic nitrogens is 2. The number of hydrogen-bond donors (Lipinski definition) is 0. The van der Waals surface area contributed by atoms with Gasteiger partial charge in [-0.2, -0.15) is 0 Å². The molecule has 0 bridgehead atoms. The van der Waals surface area contributed by atoms with Crippen molar-refractivity contribution in [2.24, 2.45) is 0 Å². The van der Waals surface area contributed by atoms with Crippen LogP contribution >= 0.6 is 11.3 Å². The number of ketones is 1. The summed E-state index contributed by atoms with van der Waals surface area (Å²) in [5.74, 6) is -1.12. The van der Waals surface area contributed by atoms with E-state index in [0.29, 0.717) is 10.5 Å². The van der Waals surface area contributed by atoms with E-state index in [-0.39, 0.29) is 11.3 Å². The molecule has 0 saturated carbocycles. The number of Topliss-reactive ketones (excluding diaryl/α,β-unsaturated/α-hetero) is 1. The molecule has 132 valence electrons. The Balaban J connectivity index is 1.54. The van der Waals surface area contributed by atoms with E-state index in [1.807, 2.05) is 12.1 Å². The van der Waals surface area contributed by atoms with Crippen LogP contribution in [0.25, 0.3) is 4.96 Å². The average Bonchev–Trinajstić information content (AvgIpc) is 3.29. The number of nitrogens with zero attached hydrogens (tertiary/aromatic N) is 2. The Bertz CT molecular complexity index is 1080. The summed E-state index contributed by atoms with van der Waals surface area (Å²) in [5.41, 5.74) is 2.29. The van der Waals surface area contributed by atoms with E-state index >= 15 is 0 Å². The van der Waals surface area contributed by atoms with Gasteiger partial charge in [0.2, 0.25) is 5.78 Å². The van der Waals surface area contributed by atoms with Crippen molar-refractivity contribution in [2.75, 3.05) is 0 Å². The topological polar surface area (TPSA) is 77.7 Å². The average molecular weight is 368 g/mol. The van der Waals surface area contributed by atoms with E-state index in [4.69, 9.17) is 4.74 Å². The summed E-state index contributed by atoms with van der Waals surface area (Å²) in [6, 6.07) is 5.61. The summed E-state index contributed by atoms with van der Waals surface area (Å²) in [4.78, 5) is 41.8. The fourth-order valence-corrected chi connectivity index (χ4v) is 3.88. The van der Waals surface area contributed by atoms with E-state index < -0.39 is 17.6 Å². The molecule has 2 aromatic heterocycles. The predicted octanol–water partition coefficient (Wildman–Crippen LogP) is 2.67. The SMILES string of the molecule is C[C@@H](OC(=O)c1cnc2sccn2c1=O)C(=O)c1ccc2c(c1)CCC2. The monoisotopic (exact) mass is 368 g/mol. The largest absolute Gasteiger partial charge is 0.450 e. The minimum atomic E-state index is -0.982. The smallest absolute Gasteiger partial charge is 0.346 e. The van der Waals surface area contributed by atoms with Crippen LogP contribution in [0.3, 0.4) is 0 Å². The number of hydrogen-bond acceptors (Lipinski definition) is 6. The number of thiazole rings is 1. The Morgan fingerprint density at radius 2 is 2.08 bits per heavy atom. The van der Waals surface area contributed by atoms with E-state index in [1.165, 1.54) is 40.0 Å². The van der Waals surface area contributed by atoms with Gasteiger partial charge in [0.1, 0.15) is 5.56 Å². The van der Waals surface area contributed by atoms with Gasteiger partial charge in [0.25, 0.3) is 5.56 Å². The number of esters is 1. The Morgan fingerprint density at radius 1 is 1.27 bits per heavy atom. The maximum atomic E-state index is 12.6. The van der Waals surface area contributed by atoms with Gasteiger partial charge in [0.15, 0.2) is 11.1 Å². The van der Waals surface area contributed by atoms with Crippen LogP contribution in [0.5, 0.6) is 0 Å². The van der Waals surface area contributed by atoms with Gasteiger partial charge >= 0.3 is 5.97 Å². The number of ether oxygens (including phenoxy) is 1. The maximum absolute atomic E-state index is 12.6. The van der Waals surface area contributed by atoms with Gasteiger partial charge < -0.3 is 4.74 Å². The second kappa shape index (κ2) is 6.49. The zero-order valence-corrected chi connectivity index (χ0v) is 14.9. The number of carbonyl (C=O) groups excluding carboxylic acids is 2. The number of aryl methyl sites for hydroxylation is 2. The van der Waals surface area contributed by atoms with Gasteiger partial charge in [-0.3, -0.25) is 14.0 Å². The molecule has 0 spiro atoms. The summed E-state index contributed by atoms with van der Waals surface area (Å²) in [6.07, 6.45) is 4.86. The van der Waals surface area contributed by atoms with Gasteiger partial charge in [-0.15, -0.1) is 11.3 Å². The molecule has 0 radical (unpaired) electrons. The molecule has 0 amide bonds. The first-order valence-corrected chi connectivity index (χ1v) is 9.24. The van der Waals surface area contributed by atoms with Gasteiger partial charge in [-0.25, -0.2) is 9.78 Å². The van der Waals surface area contributed by atoms with E-state index in [9.17, 15) is 14.4 Å². The molecular weight excluding hydrogens is 352 g/mol. The van der Waals surface area contributed by atoms with Crippen molar-refractivity contribution < 1.29 is 14.3 Å². The van der Waals surface area contributed by atoms with Crippen molar-refractivity contribution in [3.8, 4) is 0 Å². The lowest BCUT2D eigenvalue weighted by Crippen LogP contribution is -2.29. The molecular formula is C19H16N2O4S. The Kier molecular flexibility index (Phi) is 4.16. The fraction of sp³-hybridized carbons (Fsp3) is 0.263. The first kappa shape index (κ1) is 16.7. The van der Waals surface area contributed by atoms with Crippen molar-refractivity contribution >= 4 is 28.1 Å². The van der Waals surface area contributed by atoms with Crippen LogP contribution in [0.2, 0.25) is 0 Å². The van der Waals surface area contributed by atoms with E-state index in [2.05, 4.69) is 4.98 Å². The second-order valence-corrected chi connectivity index (χ2v) is 7.15. The highest BCUT2D eigenvalue weighted by Crippen LogP contribution is 2.23. The highest BCUT2D eigenvalue weighted by molar-refractivity contribution is 7.15. The summed E-state index contributed by atoms with van der Waals surface area (Å²) in [7, 11) is 0. The molecule has 4 rings (SSSR count). The standard InChI is InChI=1S/C19H16N2O4S/c1-11(16(22)14-6-5-12-3-2-4-13(12)9-14)25-18(24)15-10-20-19-21(17(15)23)7-8-26-19/h5-11H,2-4H2,1H3/t11-/m1/s1. The number of carbonyl (C=O) groups is 2. The molecule has 26 heavy (non-hydrogen) atoms. The molecule has 6 nitrogen and oxygen atoms in total. The predicted molar refractivity (Wildman–Crippen MR) is 97.0 cm³/mol. The molecule has 0 saturated heterocycles. The minimum Gasteiger partial charge on any atom is -0.450 e. The molecule has 1 aromatic carbocycles. The van der Waals surface area contributed by atoms with Crippen LogP contribution in [0.1, 0.15) is 45.2 Å². The molecule has 1 atom stereocenters. The lowest BCUT2D eigenvalue weighted by atomic mass is 10.0. The zero-order chi connectivity index (χ0) is 18.3. The van der Waals surface area contributed by atoms with Crippen LogP contribution in [0, 0.1) is 0 Å². The molecule has 0 fully saturated rings. The first-order chi connectivity index (χ1) is 12.5. The number of benzene rings is 1. The van der Waals surface area contributed by atoms with Gasteiger partial charge in [-0.1, -0.05) is 12.1 Å². The highest BCUT2D eigenvalue weighted by atomic mass is 32.1. The molecule has 1 aliphatic carbocycles. The Morgan fingerprint density at radius 3 is 2.92 bits per heavy atom. The van der Waals surface area contributed by atoms with Gasteiger partial charge in [-0.05, 0) is 43.4 Å². The number of rotatable bonds is 4. The van der Waals surface area contributed by atoms with Crippen LogP contribution in [-0.2, 0) is 17.6 Å². The zero-order valence-electron chi connectivity index (χ0n) is 14.1. The molecule has 0 aliphatic heterocycles. The van der Waals surface area contributed by atoms with Crippen molar-refractivity contribution in [1.82, 2.24) is 9.38 Å². The first-order valence-electron chi connectivity index (χ1n) is 8.36. The second-order valence-electron chi connectivity index (χ2n) is 6.28. The van der Waals surface area contributed by atoms with E-state index in [0.717, 1.165) is 19.3 Å². The summed E-state index contributed by atoms with van der Waals surface area (Å²) in [6.45, 7) is 1.52.